The molecular weight excluding hydrogens is 507 g/mol. The second-order valence-electron chi connectivity index (χ2n) is 9.70. The number of allylic oxidation sites excluding steroid dienone is 2. The fraction of sp³-hybridized carbons (Fsp3) is 0.857. The third kappa shape index (κ3) is 20.8. The average Bonchev–Trinajstić information content (AvgIpc) is 2.86. The molecule has 9 heteroatoms. The molecule has 0 fully saturated rings. The van der Waals surface area contributed by atoms with Gasteiger partial charge in [0.2, 0.25) is 0 Å². The van der Waals surface area contributed by atoms with Crippen molar-refractivity contribution in [1.29, 1.82) is 10.5 Å². The van der Waals surface area contributed by atoms with Crippen molar-refractivity contribution in [1.82, 2.24) is 0 Å². The third-order valence-corrected chi connectivity index (χ3v) is 7.39. The van der Waals surface area contributed by atoms with Crippen molar-refractivity contribution in [3.8, 4) is 12.1 Å². The molecule has 37 heavy (non-hydrogen) atoms. The smallest absolute Gasteiger partial charge is 0.322 e. The Bertz CT molecular complexity index is 684. The van der Waals surface area contributed by atoms with Crippen molar-refractivity contribution in [2.75, 3.05) is 20.3 Å². The van der Waals surface area contributed by atoms with E-state index in [2.05, 4.69) is 19.1 Å². The Balaban J connectivity index is 4.12. The normalized spacial score (nSPS) is 13.0. The van der Waals surface area contributed by atoms with E-state index in [1.54, 1.807) is 0 Å². The van der Waals surface area contributed by atoms with Crippen LogP contribution in [-0.4, -0.2) is 41.8 Å². The number of nitrogens with zero attached hydrogens (tertiary/aromatic N) is 2. The Labute approximate surface area is 231 Å². The van der Waals surface area contributed by atoms with E-state index in [1.807, 2.05) is 12.1 Å². The first-order chi connectivity index (χ1) is 17.8. The van der Waals surface area contributed by atoms with Crippen molar-refractivity contribution in [2.24, 2.45) is 0 Å². The molecule has 1 atom stereocenters. The van der Waals surface area contributed by atoms with Gasteiger partial charge < -0.3 is 19.3 Å². The maximum atomic E-state index is 9.82. The lowest BCUT2D eigenvalue weighted by Crippen LogP contribution is -2.48. The minimum Gasteiger partial charge on any atom is -0.379 e. The van der Waals surface area contributed by atoms with Crippen molar-refractivity contribution in [3.05, 3.63) is 12.2 Å². The van der Waals surface area contributed by atoms with Gasteiger partial charge in [-0.3, -0.25) is 4.52 Å². The van der Waals surface area contributed by atoms with E-state index < -0.39 is 18.4 Å². The quantitative estimate of drug-likeness (QED) is 0.0632. The van der Waals surface area contributed by atoms with E-state index in [4.69, 9.17) is 36.3 Å². The van der Waals surface area contributed by atoms with Crippen molar-refractivity contribution >= 4 is 18.5 Å². The number of methoxy groups -OCH3 is 1. The van der Waals surface area contributed by atoms with Crippen molar-refractivity contribution in [2.45, 2.75) is 134 Å². The van der Waals surface area contributed by atoms with Crippen LogP contribution in [0.2, 0.25) is 0 Å². The van der Waals surface area contributed by atoms with Gasteiger partial charge in [0.15, 0.2) is 0 Å². The van der Waals surface area contributed by atoms with Crippen LogP contribution in [0.1, 0.15) is 122 Å². The predicted octanol–water partition coefficient (Wildman–Crippen LogP) is 7.63. The zero-order valence-corrected chi connectivity index (χ0v) is 25.0. The predicted molar refractivity (Wildman–Crippen MR) is 153 cm³/mol. The lowest BCUT2D eigenvalue weighted by molar-refractivity contribution is -0.119. The second kappa shape index (κ2) is 24.2. The van der Waals surface area contributed by atoms with Gasteiger partial charge in [-0.05, 0) is 56.8 Å². The maximum absolute atomic E-state index is 9.82. The number of rotatable bonds is 26. The molecule has 0 bridgehead atoms. The summed E-state index contributed by atoms with van der Waals surface area (Å²) in [4.78, 5) is 19.6. The number of nitriles is 2. The minimum absolute atomic E-state index is 0.107. The van der Waals surface area contributed by atoms with Crippen LogP contribution in [0.4, 0.5) is 0 Å². The van der Waals surface area contributed by atoms with Crippen molar-refractivity contribution < 1.29 is 23.8 Å². The molecule has 0 aliphatic rings. The fourth-order valence-electron chi connectivity index (χ4n) is 4.45. The fourth-order valence-corrected chi connectivity index (χ4v) is 5.66. The van der Waals surface area contributed by atoms with Gasteiger partial charge in [0.25, 0.3) is 0 Å². The third-order valence-electron chi connectivity index (χ3n) is 6.56. The SMILES string of the molecule is CCCCCCCC/C=C\CCCCCCCCOCC(OC)C(CCC#N)(CCC#N)OP(O)(O)=S. The molecule has 0 aromatic rings. The summed E-state index contributed by atoms with van der Waals surface area (Å²) >= 11 is 4.70. The molecule has 0 radical (unpaired) electrons. The molecule has 0 spiro atoms. The van der Waals surface area contributed by atoms with Crippen LogP contribution in [0, 0.1) is 22.7 Å². The van der Waals surface area contributed by atoms with E-state index in [9.17, 15) is 9.79 Å². The molecule has 0 aromatic carbocycles. The van der Waals surface area contributed by atoms with Gasteiger partial charge in [-0.15, -0.1) is 0 Å². The number of ether oxygens (including phenoxy) is 2. The van der Waals surface area contributed by atoms with Gasteiger partial charge in [0, 0.05) is 26.6 Å². The molecule has 0 rings (SSSR count). The molecule has 0 aliphatic heterocycles. The molecule has 7 nitrogen and oxygen atoms in total. The van der Waals surface area contributed by atoms with Gasteiger partial charge in [-0.2, -0.15) is 10.5 Å². The number of hydrogen-bond acceptors (Lipinski definition) is 6. The summed E-state index contributed by atoms with van der Waals surface area (Å²) < 4.78 is 16.9. The second-order valence-corrected chi connectivity index (χ2v) is 12.3. The van der Waals surface area contributed by atoms with Crippen LogP contribution in [0.15, 0.2) is 12.2 Å². The Morgan fingerprint density at radius 1 is 0.838 bits per heavy atom. The highest BCUT2D eigenvalue weighted by Crippen LogP contribution is 2.47. The van der Waals surface area contributed by atoms with Gasteiger partial charge >= 0.3 is 6.72 Å². The number of hydrogen-bond donors (Lipinski definition) is 2. The molecule has 0 aliphatic carbocycles. The Kier molecular flexibility index (Phi) is 23.7. The lowest BCUT2D eigenvalue weighted by atomic mass is 9.87. The molecule has 0 heterocycles. The molecule has 0 amide bonds. The molecule has 2 N–H and O–H groups in total. The van der Waals surface area contributed by atoms with E-state index in [1.165, 1.54) is 84.2 Å². The molecule has 0 saturated heterocycles. The van der Waals surface area contributed by atoms with Crippen LogP contribution in [0.5, 0.6) is 0 Å². The summed E-state index contributed by atoms with van der Waals surface area (Å²) in [6.45, 7) is -1.07. The lowest BCUT2D eigenvalue weighted by Gasteiger charge is -2.39. The zero-order chi connectivity index (χ0) is 27.7. The average molecular weight is 559 g/mol. The highest BCUT2D eigenvalue weighted by Gasteiger charge is 2.43. The van der Waals surface area contributed by atoms with E-state index in [0.717, 1.165) is 12.8 Å². The monoisotopic (exact) mass is 558 g/mol. The van der Waals surface area contributed by atoms with Gasteiger partial charge in [-0.1, -0.05) is 76.9 Å². The molecular formula is C28H51N2O5PS. The minimum atomic E-state index is -4.04. The summed E-state index contributed by atoms with van der Waals surface area (Å²) in [5.41, 5.74) is -1.26. The van der Waals surface area contributed by atoms with Gasteiger partial charge in [-0.25, -0.2) is 0 Å². The van der Waals surface area contributed by atoms with Crippen LogP contribution < -0.4 is 0 Å². The Morgan fingerprint density at radius 2 is 1.32 bits per heavy atom. The van der Waals surface area contributed by atoms with E-state index in [-0.39, 0.29) is 32.3 Å². The maximum Gasteiger partial charge on any atom is 0.322 e. The van der Waals surface area contributed by atoms with E-state index >= 15 is 0 Å². The molecule has 214 valence electrons. The Hall–Kier alpha value is -0.830. The first-order valence-corrected chi connectivity index (χ1v) is 16.7. The number of unbranched alkanes of at least 4 members (excludes halogenated alkanes) is 12. The summed E-state index contributed by atoms with van der Waals surface area (Å²) in [7, 11) is 1.48. The zero-order valence-electron chi connectivity index (χ0n) is 23.2. The van der Waals surface area contributed by atoms with Crippen LogP contribution >= 0.6 is 6.72 Å². The summed E-state index contributed by atoms with van der Waals surface area (Å²) in [5.74, 6) is 0. The van der Waals surface area contributed by atoms with Crippen LogP contribution in [-0.2, 0) is 25.8 Å². The van der Waals surface area contributed by atoms with Crippen LogP contribution in [0.25, 0.3) is 0 Å². The summed E-state index contributed by atoms with van der Waals surface area (Å²) in [6.07, 6.45) is 22.0. The molecule has 0 saturated carbocycles. The van der Waals surface area contributed by atoms with Crippen LogP contribution in [0.3, 0.4) is 0 Å². The molecule has 1 unspecified atom stereocenters. The highest BCUT2D eigenvalue weighted by molar-refractivity contribution is 8.06. The topological polar surface area (TPSA) is 116 Å². The summed E-state index contributed by atoms with van der Waals surface area (Å²) in [5, 5.41) is 18.1. The largest absolute Gasteiger partial charge is 0.379 e. The molecule has 0 aromatic heterocycles. The summed E-state index contributed by atoms with van der Waals surface area (Å²) in [6, 6.07) is 4.09. The first-order valence-electron chi connectivity index (χ1n) is 14.1. The standard InChI is InChI=1S/C28H51N2O5PS/c1-3-4-5-6-7-8-9-10-11-12-13-14-15-16-17-18-25-34-26-27(33-2)28(21-19-23-29,22-20-24-30)35-36(31,32)37/h10-11,27H,3-9,12-22,25-26H2,1-2H3,(H2,31,32,37)/b11-10-. The van der Waals surface area contributed by atoms with E-state index in [0.29, 0.717) is 6.61 Å². The highest BCUT2D eigenvalue weighted by atomic mass is 32.5. The first kappa shape index (κ1) is 36.2. The van der Waals surface area contributed by atoms with Gasteiger partial charge in [0.05, 0.1) is 18.7 Å². The van der Waals surface area contributed by atoms with Crippen molar-refractivity contribution in [3.63, 3.8) is 0 Å². The van der Waals surface area contributed by atoms with Gasteiger partial charge in [0.1, 0.15) is 11.7 Å². The Morgan fingerprint density at radius 3 is 1.78 bits per heavy atom.